The largest absolute Gasteiger partial charge is 0.497 e. The van der Waals surface area contributed by atoms with Crippen LogP contribution in [0.2, 0.25) is 0 Å². The molecule has 0 unspecified atom stereocenters. The number of methoxy groups -OCH3 is 1. The van der Waals surface area contributed by atoms with E-state index in [1.807, 2.05) is 44.2 Å². The number of hydrogen-bond donors (Lipinski definition) is 2. The Morgan fingerprint density at radius 3 is 2.41 bits per heavy atom. The number of sulfonamides is 1. The number of hydrogen-bond acceptors (Lipinski definition) is 6. The molecule has 0 radical (unpaired) electrons. The molecule has 1 aromatic heterocycles. The summed E-state index contributed by atoms with van der Waals surface area (Å²) in [5, 5.41) is 5.89. The minimum Gasteiger partial charge on any atom is -0.497 e. The van der Waals surface area contributed by atoms with Crippen LogP contribution in [0.5, 0.6) is 5.75 Å². The predicted octanol–water partition coefficient (Wildman–Crippen LogP) is 4.48. The molecule has 4 rings (SSSR count). The molecule has 2 heterocycles. The number of nitrogens with zero attached hydrogens (tertiary/aromatic N) is 3. The van der Waals surface area contributed by atoms with E-state index in [1.165, 1.54) is 5.56 Å². The van der Waals surface area contributed by atoms with Gasteiger partial charge in [-0.25, -0.2) is 13.2 Å². The highest BCUT2D eigenvalue weighted by Gasteiger charge is 2.32. The molecular weight excluding hydrogens is 538 g/mol. The summed E-state index contributed by atoms with van der Waals surface area (Å²) in [6, 6.07) is 20.3. The molecule has 220 valence electrons. The SMILES string of the molecule is CCN(C1CCN(CCNC(=O)Nc2cc(C)nc(CCc3ccccc3)c2)CC1)S(=O)(=O)c1ccc(OC)cc1. The lowest BCUT2D eigenvalue weighted by Gasteiger charge is -2.37. The number of benzene rings is 2. The van der Waals surface area contributed by atoms with Gasteiger partial charge in [0.15, 0.2) is 0 Å². The van der Waals surface area contributed by atoms with Gasteiger partial charge in [-0.15, -0.1) is 0 Å². The Morgan fingerprint density at radius 2 is 1.76 bits per heavy atom. The molecule has 0 spiro atoms. The molecule has 0 aliphatic carbocycles. The topological polar surface area (TPSA) is 104 Å². The van der Waals surface area contributed by atoms with E-state index in [0.29, 0.717) is 25.4 Å². The van der Waals surface area contributed by atoms with Gasteiger partial charge in [0.25, 0.3) is 0 Å². The highest BCUT2D eigenvalue weighted by molar-refractivity contribution is 7.89. The lowest BCUT2D eigenvalue weighted by molar-refractivity contribution is 0.162. The zero-order valence-electron chi connectivity index (χ0n) is 24.2. The Bertz CT molecular complexity index is 1380. The standard InChI is InChI=1S/C31H41N5O4S/c1-4-36(41(38,39)30-14-12-29(40-3)13-15-30)28-16-19-35(20-17-28)21-18-32-31(37)34-27-22-24(2)33-26(23-27)11-10-25-8-6-5-7-9-25/h5-9,12-15,22-23,28H,4,10-11,16-21H2,1-3H3,(H2,32,33,34,37). The smallest absolute Gasteiger partial charge is 0.319 e. The minimum absolute atomic E-state index is 0.0503. The number of likely N-dealkylation sites (tertiary alicyclic amines) is 1. The predicted molar refractivity (Wildman–Crippen MR) is 162 cm³/mol. The van der Waals surface area contributed by atoms with E-state index in [9.17, 15) is 13.2 Å². The molecule has 0 bridgehead atoms. The first-order chi connectivity index (χ1) is 19.8. The van der Waals surface area contributed by atoms with Crippen LogP contribution in [0.15, 0.2) is 71.6 Å². The summed E-state index contributed by atoms with van der Waals surface area (Å²) in [5.41, 5.74) is 3.80. The van der Waals surface area contributed by atoms with Crippen LogP contribution in [-0.4, -0.2) is 74.5 Å². The molecule has 1 fully saturated rings. The number of amides is 2. The third-order valence-corrected chi connectivity index (χ3v) is 9.47. The quantitative estimate of drug-likeness (QED) is 0.328. The lowest BCUT2D eigenvalue weighted by Crippen LogP contribution is -2.48. The second-order valence-corrected chi connectivity index (χ2v) is 12.2. The van der Waals surface area contributed by atoms with Crippen molar-refractivity contribution in [2.45, 2.75) is 50.5 Å². The van der Waals surface area contributed by atoms with Crippen molar-refractivity contribution in [1.82, 2.24) is 19.5 Å². The first-order valence-corrected chi connectivity index (χ1v) is 15.7. The number of nitrogens with one attached hydrogen (secondary N) is 2. The Balaban J connectivity index is 1.21. The van der Waals surface area contributed by atoms with Crippen molar-refractivity contribution in [1.29, 1.82) is 0 Å². The first-order valence-electron chi connectivity index (χ1n) is 14.2. The zero-order chi connectivity index (χ0) is 29.2. The number of rotatable bonds is 12. The number of carbonyl (C=O) groups is 1. The van der Waals surface area contributed by atoms with Crippen LogP contribution >= 0.6 is 0 Å². The third kappa shape index (κ3) is 8.51. The Kier molecular flexibility index (Phi) is 10.7. The van der Waals surface area contributed by atoms with Crippen LogP contribution in [0.1, 0.15) is 36.7 Å². The summed E-state index contributed by atoms with van der Waals surface area (Å²) in [5.74, 6) is 0.627. The van der Waals surface area contributed by atoms with Crippen LogP contribution in [0, 0.1) is 6.92 Å². The number of urea groups is 1. The van der Waals surface area contributed by atoms with Crippen LogP contribution in [0.4, 0.5) is 10.5 Å². The summed E-state index contributed by atoms with van der Waals surface area (Å²) in [6.07, 6.45) is 3.19. The fourth-order valence-corrected chi connectivity index (χ4v) is 6.99. The van der Waals surface area contributed by atoms with E-state index < -0.39 is 10.0 Å². The van der Waals surface area contributed by atoms with E-state index in [0.717, 1.165) is 55.8 Å². The number of pyridine rings is 1. The van der Waals surface area contributed by atoms with E-state index in [1.54, 1.807) is 35.7 Å². The summed E-state index contributed by atoms with van der Waals surface area (Å²) in [6.45, 7) is 6.99. The van der Waals surface area contributed by atoms with Crippen LogP contribution in [-0.2, 0) is 22.9 Å². The average molecular weight is 580 g/mol. The van der Waals surface area contributed by atoms with Crippen molar-refractivity contribution in [3.05, 3.63) is 83.7 Å². The van der Waals surface area contributed by atoms with Gasteiger partial charge in [0.1, 0.15) is 5.75 Å². The van der Waals surface area contributed by atoms with Gasteiger partial charge in [-0.05, 0) is 87.7 Å². The van der Waals surface area contributed by atoms with Crippen molar-refractivity contribution in [3.8, 4) is 5.75 Å². The molecule has 1 saturated heterocycles. The van der Waals surface area contributed by atoms with Crippen molar-refractivity contribution < 1.29 is 17.9 Å². The maximum atomic E-state index is 13.3. The summed E-state index contributed by atoms with van der Waals surface area (Å²) in [4.78, 5) is 19.7. The molecule has 1 aliphatic rings. The Labute approximate surface area is 244 Å². The maximum Gasteiger partial charge on any atom is 0.319 e. The van der Waals surface area contributed by atoms with Crippen molar-refractivity contribution in [2.75, 3.05) is 45.2 Å². The number of aromatic nitrogens is 1. The minimum atomic E-state index is -3.59. The van der Waals surface area contributed by atoms with Crippen LogP contribution in [0.25, 0.3) is 0 Å². The maximum absolute atomic E-state index is 13.3. The molecule has 9 nitrogen and oxygen atoms in total. The molecule has 10 heteroatoms. The molecule has 2 N–H and O–H groups in total. The van der Waals surface area contributed by atoms with E-state index in [-0.39, 0.29) is 17.0 Å². The molecule has 2 amide bonds. The fourth-order valence-electron chi connectivity index (χ4n) is 5.30. The van der Waals surface area contributed by atoms with Gasteiger partial charge in [0, 0.05) is 42.8 Å². The van der Waals surface area contributed by atoms with Crippen molar-refractivity contribution in [3.63, 3.8) is 0 Å². The van der Waals surface area contributed by atoms with Gasteiger partial charge >= 0.3 is 6.03 Å². The van der Waals surface area contributed by atoms with E-state index in [2.05, 4.69) is 32.7 Å². The van der Waals surface area contributed by atoms with Crippen molar-refractivity contribution >= 4 is 21.7 Å². The van der Waals surface area contributed by atoms with Crippen LogP contribution in [0.3, 0.4) is 0 Å². The Morgan fingerprint density at radius 1 is 1.05 bits per heavy atom. The molecule has 2 aromatic carbocycles. The highest BCUT2D eigenvalue weighted by atomic mass is 32.2. The summed E-state index contributed by atoms with van der Waals surface area (Å²) >= 11 is 0. The van der Waals surface area contributed by atoms with Crippen LogP contribution < -0.4 is 15.4 Å². The molecular formula is C31H41N5O4S. The second kappa shape index (κ2) is 14.4. The average Bonchev–Trinajstić information content (AvgIpc) is 2.97. The summed E-state index contributed by atoms with van der Waals surface area (Å²) in [7, 11) is -2.03. The van der Waals surface area contributed by atoms with Gasteiger partial charge in [0.2, 0.25) is 10.0 Å². The molecule has 1 aliphatic heterocycles. The number of carbonyl (C=O) groups excluding carboxylic acids is 1. The van der Waals surface area contributed by atoms with E-state index >= 15 is 0 Å². The second-order valence-electron chi connectivity index (χ2n) is 10.3. The molecule has 0 saturated carbocycles. The molecule has 3 aromatic rings. The highest BCUT2D eigenvalue weighted by Crippen LogP contribution is 2.25. The summed E-state index contributed by atoms with van der Waals surface area (Å²) < 4.78 is 33.4. The van der Waals surface area contributed by atoms with Gasteiger partial charge < -0.3 is 20.3 Å². The Hall–Kier alpha value is -3.47. The number of ether oxygens (including phenoxy) is 1. The van der Waals surface area contributed by atoms with E-state index in [4.69, 9.17) is 4.74 Å². The normalized spacial score (nSPS) is 14.6. The van der Waals surface area contributed by atoms with Crippen molar-refractivity contribution in [2.24, 2.45) is 0 Å². The fraction of sp³-hybridized carbons (Fsp3) is 0.419. The van der Waals surface area contributed by atoms with Gasteiger partial charge in [-0.2, -0.15) is 4.31 Å². The number of anilines is 1. The molecule has 41 heavy (non-hydrogen) atoms. The van der Waals surface area contributed by atoms with Gasteiger partial charge in [-0.1, -0.05) is 37.3 Å². The monoisotopic (exact) mass is 579 g/mol. The first kappa shape index (κ1) is 30.5. The molecule has 0 atom stereocenters. The number of aryl methyl sites for hydroxylation is 3. The zero-order valence-corrected chi connectivity index (χ0v) is 25.0. The third-order valence-electron chi connectivity index (χ3n) is 7.43. The van der Waals surface area contributed by atoms with Gasteiger partial charge in [-0.3, -0.25) is 4.98 Å². The number of piperidine rings is 1. The van der Waals surface area contributed by atoms with Gasteiger partial charge in [0.05, 0.1) is 12.0 Å². The lowest BCUT2D eigenvalue weighted by atomic mass is 10.1.